The molecular weight excluding hydrogens is 356 g/mol. The van der Waals surface area contributed by atoms with E-state index >= 15 is 0 Å². The summed E-state index contributed by atoms with van der Waals surface area (Å²) in [7, 11) is -3.40. The molecule has 2 saturated heterocycles. The highest BCUT2D eigenvalue weighted by molar-refractivity contribution is 7.89. The molecule has 0 aliphatic carbocycles. The molecule has 0 amide bonds. The van der Waals surface area contributed by atoms with Gasteiger partial charge < -0.3 is 5.32 Å². The zero-order valence-corrected chi connectivity index (χ0v) is 16.4. The number of nitrogens with one attached hydrogen (secondary N) is 1. The first-order valence-corrected chi connectivity index (χ1v) is 11.3. The minimum atomic E-state index is -3.40. The van der Waals surface area contributed by atoms with Gasteiger partial charge in [-0.3, -0.25) is 0 Å². The molecule has 1 aromatic carbocycles. The predicted molar refractivity (Wildman–Crippen MR) is 102 cm³/mol. The first-order chi connectivity index (χ1) is 12.1. The molecule has 0 bridgehead atoms. The highest BCUT2D eigenvalue weighted by Gasteiger charge is 2.29. The summed E-state index contributed by atoms with van der Waals surface area (Å²) in [5, 5.41) is 3.89. The van der Waals surface area contributed by atoms with Crippen molar-refractivity contribution < 1.29 is 8.42 Å². The Morgan fingerprint density at radius 2 is 1.68 bits per heavy atom. The first-order valence-electron chi connectivity index (χ1n) is 9.52. The minimum absolute atomic E-state index is 0.310. The lowest BCUT2D eigenvalue weighted by Gasteiger charge is -2.31. The number of benzene rings is 1. The van der Waals surface area contributed by atoms with Crippen LogP contribution in [0.4, 0.5) is 0 Å². The maximum absolute atomic E-state index is 12.7. The van der Waals surface area contributed by atoms with E-state index in [0.29, 0.717) is 28.9 Å². The lowest BCUT2D eigenvalue weighted by atomic mass is 9.87. The first kappa shape index (κ1) is 19.2. The molecule has 2 aliphatic heterocycles. The van der Waals surface area contributed by atoms with Crippen LogP contribution in [-0.4, -0.2) is 38.9 Å². The maximum Gasteiger partial charge on any atom is 0.243 e. The van der Waals surface area contributed by atoms with Crippen LogP contribution in [0.2, 0.25) is 5.02 Å². The molecule has 140 valence electrons. The van der Waals surface area contributed by atoms with Gasteiger partial charge in [-0.05, 0) is 68.8 Å². The van der Waals surface area contributed by atoms with E-state index < -0.39 is 10.0 Å². The third kappa shape index (κ3) is 5.19. The molecule has 1 N–H and O–H groups in total. The molecular formula is C19H29ClN2O2S. The monoisotopic (exact) mass is 384 g/mol. The number of piperidine rings is 2. The van der Waals surface area contributed by atoms with Gasteiger partial charge in [0.15, 0.2) is 0 Å². The largest absolute Gasteiger partial charge is 0.317 e. The van der Waals surface area contributed by atoms with E-state index in [1.54, 1.807) is 28.6 Å². The van der Waals surface area contributed by atoms with Gasteiger partial charge in [-0.25, -0.2) is 8.42 Å². The van der Waals surface area contributed by atoms with E-state index in [0.717, 1.165) is 18.8 Å². The SMILES string of the molecule is O=S(=O)(c1cccc(Cl)c1)N1CCC(CCCC2CCNCC2)CC1. The fourth-order valence-corrected chi connectivity index (χ4v) is 5.85. The van der Waals surface area contributed by atoms with Crippen molar-refractivity contribution in [1.82, 2.24) is 9.62 Å². The Kier molecular flexibility index (Phi) is 6.78. The average molecular weight is 385 g/mol. The standard InChI is InChI=1S/C19H29ClN2O2S/c20-18-5-2-6-19(15-18)25(23,24)22-13-9-17(10-14-22)4-1-3-16-7-11-21-12-8-16/h2,5-6,15-17,21H,1,3-4,7-14H2. The average Bonchev–Trinajstić information content (AvgIpc) is 2.63. The summed E-state index contributed by atoms with van der Waals surface area (Å²) in [4.78, 5) is 0.310. The predicted octanol–water partition coefficient (Wildman–Crippen LogP) is 3.91. The quantitative estimate of drug-likeness (QED) is 0.808. The van der Waals surface area contributed by atoms with Gasteiger partial charge in [0.25, 0.3) is 0 Å². The molecule has 6 heteroatoms. The van der Waals surface area contributed by atoms with Crippen LogP contribution in [0.1, 0.15) is 44.9 Å². The van der Waals surface area contributed by atoms with Crippen LogP contribution in [0.25, 0.3) is 0 Å². The highest BCUT2D eigenvalue weighted by atomic mass is 35.5. The zero-order valence-electron chi connectivity index (χ0n) is 14.8. The van der Waals surface area contributed by atoms with Crippen molar-refractivity contribution >= 4 is 21.6 Å². The molecule has 2 heterocycles. The summed E-state index contributed by atoms with van der Waals surface area (Å²) < 4.78 is 27.1. The topological polar surface area (TPSA) is 49.4 Å². The molecule has 0 unspecified atom stereocenters. The summed E-state index contributed by atoms with van der Waals surface area (Å²) in [6.07, 6.45) is 8.46. The van der Waals surface area contributed by atoms with E-state index in [4.69, 9.17) is 11.6 Å². The van der Waals surface area contributed by atoms with Crippen LogP contribution < -0.4 is 5.32 Å². The van der Waals surface area contributed by atoms with Crippen molar-refractivity contribution in [3.63, 3.8) is 0 Å². The maximum atomic E-state index is 12.7. The zero-order chi connectivity index (χ0) is 17.7. The summed E-state index contributed by atoms with van der Waals surface area (Å²) in [5.74, 6) is 1.57. The second-order valence-electron chi connectivity index (χ2n) is 7.43. The van der Waals surface area contributed by atoms with Gasteiger partial charge in [-0.2, -0.15) is 4.31 Å². The molecule has 0 atom stereocenters. The van der Waals surface area contributed by atoms with Crippen LogP contribution in [0.15, 0.2) is 29.2 Å². The van der Waals surface area contributed by atoms with Gasteiger partial charge in [0, 0.05) is 18.1 Å². The van der Waals surface area contributed by atoms with E-state index in [1.165, 1.54) is 45.2 Å². The summed E-state index contributed by atoms with van der Waals surface area (Å²) in [5.41, 5.74) is 0. The number of halogens is 1. The molecule has 4 nitrogen and oxygen atoms in total. The normalized spacial score (nSPS) is 21.5. The fourth-order valence-electron chi connectivity index (χ4n) is 4.08. The summed E-state index contributed by atoms with van der Waals surface area (Å²) in [6, 6.07) is 6.58. The van der Waals surface area contributed by atoms with Crippen molar-refractivity contribution in [3.05, 3.63) is 29.3 Å². The lowest BCUT2D eigenvalue weighted by molar-refractivity contribution is 0.250. The fraction of sp³-hybridized carbons (Fsp3) is 0.684. The molecule has 1 aromatic rings. The Morgan fingerprint density at radius 3 is 2.32 bits per heavy atom. The second-order valence-corrected chi connectivity index (χ2v) is 9.80. The Morgan fingerprint density at radius 1 is 1.04 bits per heavy atom. The molecule has 3 rings (SSSR count). The van der Waals surface area contributed by atoms with Crippen molar-refractivity contribution in [3.8, 4) is 0 Å². The van der Waals surface area contributed by atoms with Crippen molar-refractivity contribution in [2.24, 2.45) is 11.8 Å². The number of rotatable bonds is 6. The molecule has 0 aromatic heterocycles. The smallest absolute Gasteiger partial charge is 0.243 e. The summed E-state index contributed by atoms with van der Waals surface area (Å²) >= 11 is 5.95. The van der Waals surface area contributed by atoms with Gasteiger partial charge in [-0.15, -0.1) is 0 Å². The van der Waals surface area contributed by atoms with E-state index in [-0.39, 0.29) is 0 Å². The molecule has 2 aliphatic rings. The van der Waals surface area contributed by atoms with Crippen LogP contribution in [0.3, 0.4) is 0 Å². The molecule has 0 saturated carbocycles. The van der Waals surface area contributed by atoms with Crippen LogP contribution in [-0.2, 0) is 10.0 Å². The Hall–Kier alpha value is -0.620. The number of sulfonamides is 1. The number of hydrogen-bond acceptors (Lipinski definition) is 3. The van der Waals surface area contributed by atoms with E-state index in [1.807, 2.05) is 0 Å². The molecule has 2 fully saturated rings. The highest BCUT2D eigenvalue weighted by Crippen LogP contribution is 2.29. The number of hydrogen-bond donors (Lipinski definition) is 1. The Balaban J connectivity index is 1.45. The van der Waals surface area contributed by atoms with E-state index in [9.17, 15) is 8.42 Å². The van der Waals surface area contributed by atoms with Crippen molar-refractivity contribution in [2.75, 3.05) is 26.2 Å². The number of nitrogens with zero attached hydrogens (tertiary/aromatic N) is 1. The van der Waals surface area contributed by atoms with Crippen molar-refractivity contribution in [1.29, 1.82) is 0 Å². The van der Waals surface area contributed by atoms with Gasteiger partial charge >= 0.3 is 0 Å². The lowest BCUT2D eigenvalue weighted by Crippen LogP contribution is -2.38. The Labute approximate surface area is 157 Å². The van der Waals surface area contributed by atoms with Gasteiger partial charge in [0.2, 0.25) is 10.0 Å². The Bertz CT molecular complexity index is 651. The van der Waals surface area contributed by atoms with Crippen LogP contribution >= 0.6 is 11.6 Å². The molecule has 0 spiro atoms. The minimum Gasteiger partial charge on any atom is -0.317 e. The molecule has 0 radical (unpaired) electrons. The van der Waals surface area contributed by atoms with Gasteiger partial charge in [0.05, 0.1) is 4.90 Å². The van der Waals surface area contributed by atoms with Crippen LogP contribution in [0.5, 0.6) is 0 Å². The van der Waals surface area contributed by atoms with Crippen LogP contribution in [0, 0.1) is 11.8 Å². The summed E-state index contributed by atoms with van der Waals surface area (Å²) in [6.45, 7) is 3.61. The third-order valence-corrected chi connectivity index (χ3v) is 7.82. The van der Waals surface area contributed by atoms with Crippen molar-refractivity contribution in [2.45, 2.75) is 49.8 Å². The second kappa shape index (κ2) is 8.85. The molecule has 25 heavy (non-hydrogen) atoms. The van der Waals surface area contributed by atoms with Gasteiger partial charge in [0.1, 0.15) is 0 Å². The third-order valence-electron chi connectivity index (χ3n) is 5.69. The van der Waals surface area contributed by atoms with E-state index in [2.05, 4.69) is 5.32 Å². The van der Waals surface area contributed by atoms with Gasteiger partial charge in [-0.1, -0.05) is 36.9 Å².